The molecule has 1 aromatic heterocycles. The van der Waals surface area contributed by atoms with Crippen LogP contribution in [0.3, 0.4) is 0 Å². The maximum absolute atomic E-state index is 12.2. The van der Waals surface area contributed by atoms with Crippen molar-refractivity contribution in [1.29, 1.82) is 0 Å². The van der Waals surface area contributed by atoms with Gasteiger partial charge < -0.3 is 10.2 Å². The number of urea groups is 1. The molecule has 1 fully saturated rings. The molecule has 0 unspecified atom stereocenters. The quantitative estimate of drug-likeness (QED) is 0.639. The van der Waals surface area contributed by atoms with Crippen LogP contribution in [0.4, 0.5) is 10.7 Å². The van der Waals surface area contributed by atoms with E-state index in [2.05, 4.69) is 39.3 Å². The Hall–Kier alpha value is -2.97. The number of amides is 2. The lowest BCUT2D eigenvalue weighted by atomic mass is 10.4. The Morgan fingerprint density at radius 2 is 1.73 bits per heavy atom. The van der Waals surface area contributed by atoms with Gasteiger partial charge in [0.2, 0.25) is 5.95 Å². The summed E-state index contributed by atoms with van der Waals surface area (Å²) in [6, 6.07) is -0.867. The number of terminal acetylenes is 1. The van der Waals surface area contributed by atoms with Gasteiger partial charge in [0.05, 0.1) is 6.54 Å². The highest BCUT2D eigenvalue weighted by molar-refractivity contribution is 7.87. The third-order valence-corrected chi connectivity index (χ3v) is 4.95. The van der Waals surface area contributed by atoms with Crippen LogP contribution in [0.25, 0.3) is 12.2 Å². The average Bonchev–Trinajstić information content (AvgIpc) is 2.65. The van der Waals surface area contributed by atoms with Crippen LogP contribution < -0.4 is 14.9 Å². The Kier molecular flexibility index (Phi) is 6.26. The lowest BCUT2D eigenvalue weighted by Crippen LogP contribution is -2.54. The minimum Gasteiger partial charge on any atom is -0.338 e. The van der Waals surface area contributed by atoms with Crippen LogP contribution >= 0.6 is 0 Å². The van der Waals surface area contributed by atoms with Gasteiger partial charge in [0.15, 0.2) is 11.6 Å². The predicted octanol–water partition coefficient (Wildman–Crippen LogP) is -0.543. The fourth-order valence-corrected chi connectivity index (χ4v) is 3.28. The van der Waals surface area contributed by atoms with E-state index in [4.69, 9.17) is 6.42 Å². The first-order valence-electron chi connectivity index (χ1n) is 7.64. The standard InChI is InChI=1S/C15H19N7O3S/c1-4-7-16-15(23)20-26(24,25)22-10-8-21(9-11-22)14-18-12(5-2)17-13(6-3)19-14/h1,5-6H,2-3,7-11H2,(H2,16,20,23). The maximum Gasteiger partial charge on any atom is 0.330 e. The van der Waals surface area contributed by atoms with Crippen molar-refractivity contribution in [3.8, 4) is 12.3 Å². The number of hydrogen-bond acceptors (Lipinski definition) is 7. The van der Waals surface area contributed by atoms with Gasteiger partial charge in [-0.15, -0.1) is 6.42 Å². The van der Waals surface area contributed by atoms with Gasteiger partial charge in [0.25, 0.3) is 0 Å². The van der Waals surface area contributed by atoms with Crippen LogP contribution in [-0.2, 0) is 10.2 Å². The summed E-state index contributed by atoms with van der Waals surface area (Å²) in [4.78, 5) is 26.0. The zero-order valence-corrected chi connectivity index (χ0v) is 14.9. The molecule has 138 valence electrons. The van der Waals surface area contributed by atoms with Gasteiger partial charge in [-0.1, -0.05) is 19.1 Å². The van der Waals surface area contributed by atoms with Gasteiger partial charge in [-0.3, -0.25) is 0 Å². The zero-order chi connectivity index (χ0) is 19.2. The molecule has 0 spiro atoms. The summed E-state index contributed by atoms with van der Waals surface area (Å²) in [5.74, 6) is 3.42. The summed E-state index contributed by atoms with van der Waals surface area (Å²) in [7, 11) is -3.95. The summed E-state index contributed by atoms with van der Waals surface area (Å²) in [5, 5.41) is 2.24. The monoisotopic (exact) mass is 377 g/mol. The van der Waals surface area contributed by atoms with Crippen molar-refractivity contribution < 1.29 is 13.2 Å². The molecule has 1 saturated heterocycles. The van der Waals surface area contributed by atoms with Gasteiger partial charge >= 0.3 is 16.2 Å². The number of aromatic nitrogens is 3. The van der Waals surface area contributed by atoms with Crippen molar-refractivity contribution in [3.63, 3.8) is 0 Å². The third-order valence-electron chi connectivity index (χ3n) is 3.46. The second kappa shape index (κ2) is 8.41. The second-order valence-electron chi connectivity index (χ2n) is 5.14. The minimum absolute atomic E-state index is 0.0637. The summed E-state index contributed by atoms with van der Waals surface area (Å²) in [6.07, 6.45) is 8.00. The first kappa shape index (κ1) is 19.4. The maximum atomic E-state index is 12.2. The molecular formula is C15H19N7O3S. The Bertz CT molecular complexity index is 813. The van der Waals surface area contributed by atoms with E-state index in [9.17, 15) is 13.2 Å². The lowest BCUT2D eigenvalue weighted by Gasteiger charge is -2.33. The molecule has 2 heterocycles. The van der Waals surface area contributed by atoms with Gasteiger partial charge in [-0.25, -0.2) is 14.5 Å². The van der Waals surface area contributed by atoms with E-state index < -0.39 is 16.2 Å². The highest BCUT2D eigenvalue weighted by Gasteiger charge is 2.29. The van der Waals surface area contributed by atoms with Crippen molar-refractivity contribution in [3.05, 3.63) is 24.8 Å². The largest absolute Gasteiger partial charge is 0.338 e. The first-order chi connectivity index (χ1) is 12.4. The Morgan fingerprint density at radius 3 is 2.23 bits per heavy atom. The van der Waals surface area contributed by atoms with E-state index in [0.29, 0.717) is 30.7 Å². The molecule has 26 heavy (non-hydrogen) atoms. The highest BCUT2D eigenvalue weighted by atomic mass is 32.2. The van der Waals surface area contributed by atoms with Crippen molar-refractivity contribution in [2.75, 3.05) is 37.6 Å². The number of anilines is 1. The molecule has 0 radical (unpaired) electrons. The Balaban J connectivity index is 2.02. The number of nitrogens with one attached hydrogen (secondary N) is 2. The third kappa shape index (κ3) is 4.78. The van der Waals surface area contributed by atoms with E-state index in [1.54, 1.807) is 0 Å². The van der Waals surface area contributed by atoms with Crippen LogP contribution in [0.15, 0.2) is 13.2 Å². The number of rotatable bonds is 6. The number of piperazine rings is 1. The summed E-state index contributed by atoms with van der Waals surface area (Å²) < 4.78 is 27.5. The van der Waals surface area contributed by atoms with Crippen molar-refractivity contribution in [2.24, 2.45) is 0 Å². The molecule has 0 aliphatic carbocycles. The Morgan fingerprint density at radius 1 is 1.15 bits per heavy atom. The number of hydrogen-bond donors (Lipinski definition) is 2. The fourth-order valence-electron chi connectivity index (χ4n) is 2.20. The molecule has 1 aliphatic rings. The smallest absolute Gasteiger partial charge is 0.330 e. The number of nitrogens with zero attached hydrogens (tertiary/aromatic N) is 5. The molecule has 2 N–H and O–H groups in total. The highest BCUT2D eigenvalue weighted by Crippen LogP contribution is 2.14. The summed E-state index contributed by atoms with van der Waals surface area (Å²) >= 11 is 0. The van der Waals surface area contributed by atoms with Gasteiger partial charge in [0.1, 0.15) is 0 Å². The number of carbonyl (C=O) groups is 1. The molecule has 2 amide bonds. The number of carbonyl (C=O) groups excluding carboxylic acids is 1. The van der Waals surface area contributed by atoms with Gasteiger partial charge in [0, 0.05) is 26.2 Å². The van der Waals surface area contributed by atoms with Gasteiger partial charge in [-0.2, -0.15) is 22.7 Å². The predicted molar refractivity (Wildman–Crippen MR) is 98.1 cm³/mol. The van der Waals surface area contributed by atoms with Crippen LogP contribution in [0.1, 0.15) is 11.6 Å². The van der Waals surface area contributed by atoms with Crippen LogP contribution in [0.2, 0.25) is 0 Å². The molecule has 2 rings (SSSR count). The molecule has 0 atom stereocenters. The van der Waals surface area contributed by atoms with E-state index in [1.807, 2.05) is 9.62 Å². The van der Waals surface area contributed by atoms with Crippen molar-refractivity contribution in [1.82, 2.24) is 29.3 Å². The molecule has 10 nitrogen and oxygen atoms in total. The van der Waals surface area contributed by atoms with Crippen molar-refractivity contribution >= 4 is 34.3 Å². The molecule has 11 heteroatoms. The average molecular weight is 377 g/mol. The lowest BCUT2D eigenvalue weighted by molar-refractivity contribution is 0.246. The molecule has 0 saturated carbocycles. The minimum atomic E-state index is -3.95. The molecule has 0 bridgehead atoms. The van der Waals surface area contributed by atoms with E-state index >= 15 is 0 Å². The second-order valence-corrected chi connectivity index (χ2v) is 6.81. The van der Waals surface area contributed by atoms with Crippen molar-refractivity contribution in [2.45, 2.75) is 0 Å². The van der Waals surface area contributed by atoms with E-state index in [1.165, 1.54) is 16.5 Å². The molecular weight excluding hydrogens is 358 g/mol. The molecule has 1 aromatic rings. The Labute approximate surface area is 152 Å². The SMILES string of the molecule is C#CCNC(=O)NS(=O)(=O)N1CCN(c2nc(C=C)nc(C=C)n2)CC1. The topological polar surface area (TPSA) is 120 Å². The van der Waals surface area contributed by atoms with Gasteiger partial charge in [-0.05, 0) is 12.2 Å². The molecule has 0 aromatic carbocycles. The fraction of sp³-hybridized carbons (Fsp3) is 0.333. The van der Waals surface area contributed by atoms with Crippen LogP contribution in [-0.4, -0.2) is 66.4 Å². The first-order valence-corrected chi connectivity index (χ1v) is 9.08. The summed E-state index contributed by atoms with van der Waals surface area (Å²) in [5.41, 5.74) is 0. The summed E-state index contributed by atoms with van der Waals surface area (Å²) in [6.45, 7) is 8.23. The van der Waals surface area contributed by atoms with Crippen LogP contribution in [0, 0.1) is 12.3 Å². The molecule has 1 aliphatic heterocycles. The van der Waals surface area contributed by atoms with E-state index in [0.717, 1.165) is 0 Å². The normalized spacial score (nSPS) is 15.0. The zero-order valence-electron chi connectivity index (χ0n) is 14.1. The van der Waals surface area contributed by atoms with E-state index in [-0.39, 0.29) is 19.6 Å². The van der Waals surface area contributed by atoms with Crippen LogP contribution in [0.5, 0.6) is 0 Å².